The average Bonchev–Trinajstić information content (AvgIpc) is 2.87. The fraction of sp³-hybridized carbons (Fsp3) is 0.444. The molecule has 0 unspecified atom stereocenters. The van der Waals surface area contributed by atoms with Crippen LogP contribution in [0.2, 0.25) is 5.02 Å². The highest BCUT2D eigenvalue weighted by Crippen LogP contribution is 2.24. The van der Waals surface area contributed by atoms with Crippen LogP contribution in [0.15, 0.2) is 24.3 Å². The predicted octanol–water partition coefficient (Wildman–Crippen LogP) is 3.13. The Balaban J connectivity index is 1.48. The van der Waals surface area contributed by atoms with Gasteiger partial charge in [-0.15, -0.1) is 0 Å². The van der Waals surface area contributed by atoms with Crippen molar-refractivity contribution < 1.29 is 9.53 Å². The van der Waals surface area contributed by atoms with Gasteiger partial charge in [0.1, 0.15) is 5.75 Å². The minimum absolute atomic E-state index is 0.169. The van der Waals surface area contributed by atoms with Crippen LogP contribution in [0, 0.1) is 6.92 Å². The highest BCUT2D eigenvalue weighted by atomic mass is 35.5. The summed E-state index contributed by atoms with van der Waals surface area (Å²) in [5.74, 6) is 0.835. The molecule has 1 aliphatic rings. The van der Waals surface area contributed by atoms with Crippen molar-refractivity contribution in [2.45, 2.75) is 32.7 Å². The van der Waals surface area contributed by atoms with Crippen molar-refractivity contribution in [3.05, 3.63) is 46.2 Å². The van der Waals surface area contributed by atoms with Gasteiger partial charge in [-0.1, -0.05) is 23.7 Å². The Morgan fingerprint density at radius 1 is 1.38 bits per heavy atom. The minimum atomic E-state index is 0.169. The summed E-state index contributed by atoms with van der Waals surface area (Å²) in [6.45, 7) is 3.93. The molecule has 1 aromatic carbocycles. The van der Waals surface area contributed by atoms with Gasteiger partial charge in [0.15, 0.2) is 0 Å². The molecule has 0 fully saturated rings. The van der Waals surface area contributed by atoms with Crippen molar-refractivity contribution in [3.8, 4) is 5.75 Å². The lowest BCUT2D eigenvalue weighted by atomic mass is 10.0. The Morgan fingerprint density at radius 2 is 2.17 bits per heavy atom. The highest BCUT2D eigenvalue weighted by molar-refractivity contribution is 6.32. The lowest BCUT2D eigenvalue weighted by Crippen LogP contribution is -2.36. The number of hydrogen-bond donors (Lipinski definition) is 0. The van der Waals surface area contributed by atoms with Crippen molar-refractivity contribution in [3.63, 3.8) is 0 Å². The van der Waals surface area contributed by atoms with Crippen LogP contribution in [-0.4, -0.2) is 33.7 Å². The van der Waals surface area contributed by atoms with E-state index >= 15 is 0 Å². The van der Waals surface area contributed by atoms with Gasteiger partial charge in [-0.2, -0.15) is 5.10 Å². The van der Waals surface area contributed by atoms with Crippen LogP contribution >= 0.6 is 11.6 Å². The number of ether oxygens (including phenoxy) is 1. The summed E-state index contributed by atoms with van der Waals surface area (Å²) in [5, 5.41) is 5.05. The van der Waals surface area contributed by atoms with E-state index in [9.17, 15) is 4.79 Å². The molecule has 0 saturated heterocycles. The molecule has 128 valence electrons. The van der Waals surface area contributed by atoms with Crippen LogP contribution in [0.5, 0.6) is 5.75 Å². The summed E-state index contributed by atoms with van der Waals surface area (Å²) in [6.07, 6.45) is 2.05. The van der Waals surface area contributed by atoms with Crippen LogP contribution in [0.25, 0.3) is 0 Å². The number of halogens is 1. The molecule has 0 saturated carbocycles. The number of benzene rings is 1. The largest absolute Gasteiger partial charge is 0.492 e. The summed E-state index contributed by atoms with van der Waals surface area (Å²) in [4.78, 5) is 14.3. The molecule has 1 amide bonds. The van der Waals surface area contributed by atoms with Gasteiger partial charge in [0.2, 0.25) is 5.91 Å². The summed E-state index contributed by atoms with van der Waals surface area (Å²) < 4.78 is 7.53. The molecule has 0 N–H and O–H groups in total. The molecule has 0 spiro atoms. The SMILES string of the molecule is Cc1nn(C)c2c1CCN(C(=O)CCCOc1ccccc1Cl)C2. The molecule has 2 aromatic rings. The fourth-order valence-corrected chi connectivity index (χ4v) is 3.31. The highest BCUT2D eigenvalue weighted by Gasteiger charge is 2.24. The maximum Gasteiger partial charge on any atom is 0.223 e. The van der Waals surface area contributed by atoms with Crippen LogP contribution in [-0.2, 0) is 24.8 Å². The number of fused-ring (bicyclic) bond motifs is 1. The van der Waals surface area contributed by atoms with Gasteiger partial charge in [0.25, 0.3) is 0 Å². The number of hydrogen-bond acceptors (Lipinski definition) is 3. The Hall–Kier alpha value is -2.01. The van der Waals surface area contributed by atoms with E-state index in [2.05, 4.69) is 5.10 Å². The van der Waals surface area contributed by atoms with Crippen molar-refractivity contribution >= 4 is 17.5 Å². The molecule has 6 heteroatoms. The van der Waals surface area contributed by atoms with Gasteiger partial charge in [-0.3, -0.25) is 9.48 Å². The second-order valence-electron chi connectivity index (χ2n) is 6.08. The first-order valence-electron chi connectivity index (χ1n) is 8.22. The van der Waals surface area contributed by atoms with Crippen LogP contribution in [0.4, 0.5) is 0 Å². The third-order valence-corrected chi connectivity index (χ3v) is 4.74. The summed E-state index contributed by atoms with van der Waals surface area (Å²) in [6, 6.07) is 7.38. The Kier molecular flexibility index (Phi) is 5.09. The van der Waals surface area contributed by atoms with Gasteiger partial charge in [-0.25, -0.2) is 0 Å². The maximum absolute atomic E-state index is 12.4. The van der Waals surface area contributed by atoms with Gasteiger partial charge in [0, 0.05) is 20.0 Å². The zero-order valence-corrected chi connectivity index (χ0v) is 14.8. The van der Waals surface area contributed by atoms with E-state index in [4.69, 9.17) is 16.3 Å². The summed E-state index contributed by atoms with van der Waals surface area (Å²) >= 11 is 6.04. The molecule has 1 aromatic heterocycles. The molecule has 1 aliphatic heterocycles. The third-order valence-electron chi connectivity index (χ3n) is 4.43. The van der Waals surface area contributed by atoms with E-state index in [0.29, 0.717) is 36.8 Å². The Bertz CT molecular complexity index is 742. The number of para-hydroxylation sites is 1. The van der Waals surface area contributed by atoms with Crippen LogP contribution in [0.1, 0.15) is 29.8 Å². The quantitative estimate of drug-likeness (QED) is 0.781. The van der Waals surface area contributed by atoms with Crippen LogP contribution < -0.4 is 4.74 Å². The molecule has 24 heavy (non-hydrogen) atoms. The van der Waals surface area contributed by atoms with E-state index < -0.39 is 0 Å². The zero-order valence-electron chi connectivity index (χ0n) is 14.1. The predicted molar refractivity (Wildman–Crippen MR) is 93.2 cm³/mol. The number of carbonyl (C=O) groups excluding carboxylic acids is 1. The molecule has 0 radical (unpaired) electrons. The topological polar surface area (TPSA) is 47.4 Å². The van der Waals surface area contributed by atoms with Crippen molar-refractivity contribution in [1.29, 1.82) is 0 Å². The number of carbonyl (C=O) groups is 1. The molecular formula is C18H22ClN3O2. The van der Waals surface area contributed by atoms with Crippen LogP contribution in [0.3, 0.4) is 0 Å². The first-order chi connectivity index (χ1) is 11.6. The van der Waals surface area contributed by atoms with E-state index in [0.717, 1.165) is 24.4 Å². The molecular weight excluding hydrogens is 326 g/mol. The normalized spacial score (nSPS) is 13.7. The number of amides is 1. The summed E-state index contributed by atoms with van der Waals surface area (Å²) in [7, 11) is 1.94. The first kappa shape index (κ1) is 16.8. The van der Waals surface area contributed by atoms with Gasteiger partial charge in [-0.05, 0) is 37.5 Å². The van der Waals surface area contributed by atoms with Crippen molar-refractivity contribution in [1.82, 2.24) is 14.7 Å². The van der Waals surface area contributed by atoms with E-state index in [1.807, 2.05) is 41.8 Å². The van der Waals surface area contributed by atoms with Gasteiger partial charge >= 0.3 is 0 Å². The molecule has 2 heterocycles. The van der Waals surface area contributed by atoms with Crippen molar-refractivity contribution in [2.24, 2.45) is 7.05 Å². The average molecular weight is 348 g/mol. The lowest BCUT2D eigenvalue weighted by Gasteiger charge is -2.27. The fourth-order valence-electron chi connectivity index (χ4n) is 3.12. The summed E-state index contributed by atoms with van der Waals surface area (Å²) in [5.41, 5.74) is 3.52. The molecule has 3 rings (SSSR count). The zero-order chi connectivity index (χ0) is 17.1. The monoisotopic (exact) mass is 347 g/mol. The molecule has 0 bridgehead atoms. The lowest BCUT2D eigenvalue weighted by molar-refractivity contribution is -0.132. The smallest absolute Gasteiger partial charge is 0.223 e. The molecule has 0 atom stereocenters. The van der Waals surface area contributed by atoms with E-state index in [-0.39, 0.29) is 5.91 Å². The van der Waals surface area contributed by atoms with Gasteiger partial charge < -0.3 is 9.64 Å². The second-order valence-corrected chi connectivity index (χ2v) is 6.49. The third kappa shape index (κ3) is 3.56. The van der Waals surface area contributed by atoms with E-state index in [1.165, 1.54) is 5.56 Å². The van der Waals surface area contributed by atoms with Gasteiger partial charge in [0.05, 0.1) is 29.6 Å². The number of aryl methyl sites for hydroxylation is 2. The molecule has 5 nitrogen and oxygen atoms in total. The first-order valence-corrected chi connectivity index (χ1v) is 8.60. The van der Waals surface area contributed by atoms with Crippen molar-refractivity contribution in [2.75, 3.05) is 13.2 Å². The standard InChI is InChI=1S/C18H22ClN3O2/c1-13-14-9-10-22(12-16(14)21(2)20-13)18(23)8-5-11-24-17-7-4-3-6-15(17)19/h3-4,6-7H,5,8-12H2,1-2H3. The minimum Gasteiger partial charge on any atom is -0.492 e. The maximum atomic E-state index is 12.4. The Morgan fingerprint density at radius 3 is 2.96 bits per heavy atom. The van der Waals surface area contributed by atoms with E-state index in [1.54, 1.807) is 6.07 Å². The molecule has 0 aliphatic carbocycles. The number of nitrogens with zero attached hydrogens (tertiary/aromatic N) is 3. The second kappa shape index (κ2) is 7.26. The number of aromatic nitrogens is 2. The Labute approximate surface area is 147 Å². The number of rotatable bonds is 5.